The molecule has 1 saturated heterocycles. The van der Waals surface area contributed by atoms with Gasteiger partial charge in [0.25, 0.3) is 0 Å². The maximum atomic E-state index is 11.0. The average Bonchev–Trinajstić information content (AvgIpc) is 2.34. The average molecular weight is 143 g/mol. The Bertz CT molecular complexity index is 136. The van der Waals surface area contributed by atoms with Gasteiger partial charge in [-0.1, -0.05) is 0 Å². The van der Waals surface area contributed by atoms with Crippen LogP contribution in [0.4, 0.5) is 0 Å². The van der Waals surface area contributed by atoms with Crippen LogP contribution in [0.2, 0.25) is 0 Å². The molecule has 2 atom stereocenters. The molecule has 1 N–H and O–H groups in total. The Morgan fingerprint density at radius 1 is 1.70 bits per heavy atom. The minimum atomic E-state index is -0.0856. The second-order valence-electron chi connectivity index (χ2n) is 2.66. The van der Waals surface area contributed by atoms with Crippen LogP contribution in [-0.2, 0) is 9.53 Å². The quantitative estimate of drug-likeness (QED) is 0.531. The zero-order valence-corrected chi connectivity index (χ0v) is 6.39. The van der Waals surface area contributed by atoms with Crippen molar-refractivity contribution in [1.29, 1.82) is 0 Å². The molecule has 0 aromatic carbocycles. The number of esters is 1. The van der Waals surface area contributed by atoms with Crippen LogP contribution in [-0.4, -0.2) is 25.7 Å². The van der Waals surface area contributed by atoms with Crippen molar-refractivity contribution in [2.24, 2.45) is 5.92 Å². The fraction of sp³-hybridized carbons (Fsp3) is 0.857. The number of carbonyl (C=O) groups is 1. The van der Waals surface area contributed by atoms with E-state index in [-0.39, 0.29) is 17.9 Å². The molecule has 1 heterocycles. The molecule has 0 aliphatic carbocycles. The lowest BCUT2D eigenvalue weighted by atomic mass is 10.0. The monoisotopic (exact) mass is 143 g/mol. The molecular weight excluding hydrogens is 130 g/mol. The van der Waals surface area contributed by atoms with Crippen LogP contribution in [0.15, 0.2) is 0 Å². The van der Waals surface area contributed by atoms with Gasteiger partial charge in [0.15, 0.2) is 0 Å². The number of hydrogen-bond acceptors (Lipinski definition) is 3. The molecule has 1 aliphatic heterocycles. The molecule has 0 saturated carbocycles. The summed E-state index contributed by atoms with van der Waals surface area (Å²) in [7, 11) is 1.44. The van der Waals surface area contributed by atoms with Crippen LogP contribution in [0.3, 0.4) is 0 Å². The zero-order valence-electron chi connectivity index (χ0n) is 6.39. The fourth-order valence-corrected chi connectivity index (χ4v) is 1.33. The number of methoxy groups -OCH3 is 1. The molecule has 0 radical (unpaired) electrons. The van der Waals surface area contributed by atoms with Crippen molar-refractivity contribution in [1.82, 2.24) is 5.32 Å². The summed E-state index contributed by atoms with van der Waals surface area (Å²) in [5, 5.41) is 3.18. The van der Waals surface area contributed by atoms with Crippen molar-refractivity contribution in [3.8, 4) is 0 Å². The summed E-state index contributed by atoms with van der Waals surface area (Å²) >= 11 is 0. The van der Waals surface area contributed by atoms with Gasteiger partial charge in [-0.3, -0.25) is 4.79 Å². The van der Waals surface area contributed by atoms with Crippen molar-refractivity contribution in [3.63, 3.8) is 0 Å². The van der Waals surface area contributed by atoms with Crippen molar-refractivity contribution >= 4 is 5.97 Å². The standard InChI is InChI=1S/C7H13NO2/c1-5-6(3-4-8-5)7(9)10-2/h5-6,8H,3-4H2,1-2H3/t5-,6-/m1/s1. The second kappa shape index (κ2) is 3.01. The van der Waals surface area contributed by atoms with E-state index >= 15 is 0 Å². The van der Waals surface area contributed by atoms with E-state index in [0.717, 1.165) is 13.0 Å². The predicted octanol–water partition coefficient (Wildman–Crippen LogP) is 0.157. The zero-order chi connectivity index (χ0) is 7.56. The first kappa shape index (κ1) is 7.54. The molecule has 1 aliphatic rings. The number of hydrogen-bond donors (Lipinski definition) is 1. The first-order valence-corrected chi connectivity index (χ1v) is 3.57. The number of nitrogens with one attached hydrogen (secondary N) is 1. The maximum absolute atomic E-state index is 11.0. The van der Waals surface area contributed by atoms with E-state index < -0.39 is 0 Å². The highest BCUT2D eigenvalue weighted by atomic mass is 16.5. The molecule has 0 aromatic heterocycles. The van der Waals surface area contributed by atoms with Gasteiger partial charge < -0.3 is 10.1 Å². The third-order valence-electron chi connectivity index (χ3n) is 2.03. The first-order valence-electron chi connectivity index (χ1n) is 3.57. The first-order chi connectivity index (χ1) is 4.75. The molecule has 0 aromatic rings. The normalized spacial score (nSPS) is 32.2. The summed E-state index contributed by atoms with van der Waals surface area (Å²) in [6.07, 6.45) is 0.911. The minimum Gasteiger partial charge on any atom is -0.469 e. The lowest BCUT2D eigenvalue weighted by Crippen LogP contribution is -2.28. The molecule has 10 heavy (non-hydrogen) atoms. The Morgan fingerprint density at radius 3 is 2.80 bits per heavy atom. The lowest BCUT2D eigenvalue weighted by Gasteiger charge is -2.10. The van der Waals surface area contributed by atoms with Crippen molar-refractivity contribution in [3.05, 3.63) is 0 Å². The van der Waals surface area contributed by atoms with Crippen molar-refractivity contribution in [2.45, 2.75) is 19.4 Å². The molecule has 0 spiro atoms. The Hall–Kier alpha value is -0.570. The minimum absolute atomic E-state index is 0.0741. The maximum Gasteiger partial charge on any atom is 0.310 e. The van der Waals surface area contributed by atoms with Crippen LogP contribution >= 0.6 is 0 Å². The topological polar surface area (TPSA) is 38.3 Å². The van der Waals surface area contributed by atoms with Crippen molar-refractivity contribution < 1.29 is 9.53 Å². The number of ether oxygens (including phenoxy) is 1. The Labute approximate surface area is 60.7 Å². The molecule has 0 amide bonds. The summed E-state index contributed by atoms with van der Waals surface area (Å²) in [5.41, 5.74) is 0. The molecule has 1 fully saturated rings. The highest BCUT2D eigenvalue weighted by Gasteiger charge is 2.29. The molecule has 3 nitrogen and oxygen atoms in total. The Kier molecular flexibility index (Phi) is 2.27. The van der Waals surface area contributed by atoms with E-state index in [2.05, 4.69) is 10.1 Å². The predicted molar refractivity (Wildman–Crippen MR) is 37.6 cm³/mol. The van der Waals surface area contributed by atoms with Gasteiger partial charge in [-0.05, 0) is 19.9 Å². The summed E-state index contributed by atoms with van der Waals surface area (Å²) in [4.78, 5) is 11.0. The van der Waals surface area contributed by atoms with Gasteiger partial charge >= 0.3 is 5.97 Å². The van der Waals surface area contributed by atoms with E-state index in [9.17, 15) is 4.79 Å². The van der Waals surface area contributed by atoms with Gasteiger partial charge in [-0.2, -0.15) is 0 Å². The molecular formula is C7H13NO2. The fourth-order valence-electron chi connectivity index (χ4n) is 1.33. The van der Waals surface area contributed by atoms with Crippen LogP contribution in [0.1, 0.15) is 13.3 Å². The number of rotatable bonds is 1. The Morgan fingerprint density at radius 2 is 2.40 bits per heavy atom. The summed E-state index contributed by atoms with van der Waals surface area (Å²) in [6, 6.07) is 0.285. The summed E-state index contributed by atoms with van der Waals surface area (Å²) in [6.45, 7) is 2.94. The highest BCUT2D eigenvalue weighted by molar-refractivity contribution is 5.73. The largest absolute Gasteiger partial charge is 0.469 e. The lowest BCUT2D eigenvalue weighted by molar-refractivity contribution is -0.145. The molecule has 3 heteroatoms. The van der Waals surface area contributed by atoms with Crippen LogP contribution < -0.4 is 5.32 Å². The van der Waals surface area contributed by atoms with Crippen LogP contribution in [0.25, 0.3) is 0 Å². The SMILES string of the molecule is COC(=O)[C@@H]1CCN[C@@H]1C. The third kappa shape index (κ3) is 1.29. The molecule has 0 bridgehead atoms. The van der Waals surface area contributed by atoms with E-state index in [1.54, 1.807) is 0 Å². The molecule has 0 unspecified atom stereocenters. The van der Waals surface area contributed by atoms with Gasteiger partial charge in [0.2, 0.25) is 0 Å². The Balaban J connectivity index is 2.46. The highest BCUT2D eigenvalue weighted by Crippen LogP contribution is 2.15. The van der Waals surface area contributed by atoms with E-state index in [0.29, 0.717) is 0 Å². The van der Waals surface area contributed by atoms with Gasteiger partial charge in [-0.15, -0.1) is 0 Å². The van der Waals surface area contributed by atoms with Gasteiger partial charge in [0.05, 0.1) is 13.0 Å². The van der Waals surface area contributed by atoms with Crippen LogP contribution in [0, 0.1) is 5.92 Å². The van der Waals surface area contributed by atoms with E-state index in [1.165, 1.54) is 7.11 Å². The van der Waals surface area contributed by atoms with E-state index in [1.807, 2.05) is 6.92 Å². The second-order valence-corrected chi connectivity index (χ2v) is 2.66. The van der Waals surface area contributed by atoms with Gasteiger partial charge in [0, 0.05) is 6.04 Å². The molecule has 1 rings (SSSR count). The third-order valence-corrected chi connectivity index (χ3v) is 2.03. The van der Waals surface area contributed by atoms with Crippen molar-refractivity contribution in [2.75, 3.05) is 13.7 Å². The molecule has 58 valence electrons. The van der Waals surface area contributed by atoms with Gasteiger partial charge in [-0.25, -0.2) is 0 Å². The number of carbonyl (C=O) groups excluding carboxylic acids is 1. The van der Waals surface area contributed by atoms with E-state index in [4.69, 9.17) is 0 Å². The van der Waals surface area contributed by atoms with Crippen LogP contribution in [0.5, 0.6) is 0 Å². The summed E-state index contributed by atoms with van der Waals surface area (Å²) in [5.74, 6) is -0.0116. The van der Waals surface area contributed by atoms with Gasteiger partial charge in [0.1, 0.15) is 0 Å². The smallest absolute Gasteiger partial charge is 0.310 e. The summed E-state index contributed by atoms with van der Waals surface area (Å²) < 4.78 is 4.63.